The summed E-state index contributed by atoms with van der Waals surface area (Å²) in [5.41, 5.74) is -0.472. The summed E-state index contributed by atoms with van der Waals surface area (Å²) >= 11 is 0. The molecule has 1 amide bonds. The molecule has 4 nitrogen and oxygen atoms in total. The second kappa shape index (κ2) is 6.27. The van der Waals surface area contributed by atoms with Gasteiger partial charge in [0, 0.05) is 22.2 Å². The molecule has 5 heteroatoms. The summed E-state index contributed by atoms with van der Waals surface area (Å²) in [7, 11) is -0.997. The van der Waals surface area contributed by atoms with Crippen LogP contribution in [0, 0.1) is 0 Å². The maximum atomic E-state index is 12.8. The second-order valence-corrected chi connectivity index (χ2v) is 9.21. The molecular weight excluding hydrogens is 310 g/mol. The maximum absolute atomic E-state index is 12.8. The second-order valence-electron chi connectivity index (χ2n) is 7.48. The average molecular weight is 335 g/mol. The summed E-state index contributed by atoms with van der Waals surface area (Å²) in [6.45, 7) is 5.68. The molecule has 2 heterocycles. The van der Waals surface area contributed by atoms with Gasteiger partial charge in [0.05, 0.1) is 10.8 Å². The van der Waals surface area contributed by atoms with Crippen molar-refractivity contribution in [1.29, 1.82) is 0 Å². The van der Waals surface area contributed by atoms with Gasteiger partial charge in [-0.05, 0) is 58.6 Å². The predicted molar refractivity (Wildman–Crippen MR) is 90.8 cm³/mol. The molecule has 4 atom stereocenters. The molecule has 2 aliphatic heterocycles. The molecule has 23 heavy (non-hydrogen) atoms. The number of amides is 1. The van der Waals surface area contributed by atoms with Crippen LogP contribution < -0.4 is 0 Å². The number of carbonyl (C=O) groups is 1. The first kappa shape index (κ1) is 16.5. The highest BCUT2D eigenvalue weighted by Crippen LogP contribution is 2.39. The lowest BCUT2D eigenvalue weighted by Gasteiger charge is -2.39. The lowest BCUT2D eigenvalue weighted by atomic mass is 10.0. The highest BCUT2D eigenvalue weighted by Gasteiger charge is 2.46. The summed E-state index contributed by atoms with van der Waals surface area (Å²) in [6, 6.07) is 9.99. The zero-order valence-corrected chi connectivity index (χ0v) is 14.8. The topological polar surface area (TPSA) is 46.6 Å². The lowest BCUT2D eigenvalue weighted by molar-refractivity contribution is 0.00828. The average Bonchev–Trinajstić information content (AvgIpc) is 2.76. The Hall–Kier alpha value is -1.36. The molecule has 2 bridgehead atoms. The molecule has 0 radical (unpaired) electrons. The van der Waals surface area contributed by atoms with Crippen LogP contribution in [0.3, 0.4) is 0 Å². The van der Waals surface area contributed by atoms with E-state index in [4.69, 9.17) is 4.74 Å². The molecule has 0 aromatic heterocycles. The largest absolute Gasteiger partial charge is 0.444 e. The molecule has 2 saturated heterocycles. The molecule has 0 aliphatic carbocycles. The molecule has 0 spiro atoms. The summed E-state index contributed by atoms with van der Waals surface area (Å²) in [6.07, 6.45) is 3.38. The van der Waals surface area contributed by atoms with Gasteiger partial charge in [-0.15, -0.1) is 0 Å². The molecular formula is C18H25NO3S. The van der Waals surface area contributed by atoms with Gasteiger partial charge in [-0.1, -0.05) is 18.2 Å². The van der Waals surface area contributed by atoms with E-state index in [9.17, 15) is 9.00 Å². The molecule has 0 saturated carbocycles. The fourth-order valence-corrected chi connectivity index (χ4v) is 5.27. The molecule has 1 aromatic carbocycles. The summed E-state index contributed by atoms with van der Waals surface area (Å²) in [4.78, 5) is 15.2. The molecule has 0 N–H and O–H groups in total. The van der Waals surface area contributed by atoms with E-state index in [1.165, 1.54) is 0 Å². The Morgan fingerprint density at radius 1 is 1.13 bits per heavy atom. The predicted octanol–water partition coefficient (Wildman–Crippen LogP) is 3.72. The van der Waals surface area contributed by atoms with Crippen LogP contribution >= 0.6 is 0 Å². The fraction of sp³-hybridized carbons (Fsp3) is 0.611. The fourth-order valence-electron chi connectivity index (χ4n) is 3.66. The first-order valence-electron chi connectivity index (χ1n) is 8.32. The van der Waals surface area contributed by atoms with Crippen molar-refractivity contribution in [3.63, 3.8) is 0 Å². The quantitative estimate of drug-likeness (QED) is 0.827. The SMILES string of the molecule is CC(C)(C)OC(=O)N1[C@@H]2CC[C@H]1CC(S(=O)c1ccccc1)C2. The van der Waals surface area contributed by atoms with Gasteiger partial charge in [-0.3, -0.25) is 4.21 Å². The van der Waals surface area contributed by atoms with Gasteiger partial charge >= 0.3 is 6.09 Å². The Labute approximate surface area is 140 Å². The van der Waals surface area contributed by atoms with Crippen LogP contribution in [0.25, 0.3) is 0 Å². The van der Waals surface area contributed by atoms with Crippen molar-refractivity contribution in [2.45, 2.75) is 74.3 Å². The van der Waals surface area contributed by atoms with E-state index in [2.05, 4.69) is 0 Å². The number of nitrogens with zero attached hydrogens (tertiary/aromatic N) is 1. The van der Waals surface area contributed by atoms with Crippen LogP contribution in [0.4, 0.5) is 4.79 Å². The smallest absolute Gasteiger partial charge is 0.410 e. The first-order valence-corrected chi connectivity index (χ1v) is 9.53. The van der Waals surface area contributed by atoms with E-state index in [0.29, 0.717) is 0 Å². The zero-order valence-electron chi connectivity index (χ0n) is 14.0. The van der Waals surface area contributed by atoms with Crippen molar-refractivity contribution in [2.75, 3.05) is 0 Å². The van der Waals surface area contributed by atoms with Crippen LogP contribution in [0.2, 0.25) is 0 Å². The van der Waals surface area contributed by atoms with Gasteiger partial charge in [0.25, 0.3) is 0 Å². The van der Waals surface area contributed by atoms with Gasteiger partial charge in [-0.2, -0.15) is 0 Å². The van der Waals surface area contributed by atoms with Crippen molar-refractivity contribution >= 4 is 16.9 Å². The molecule has 126 valence electrons. The molecule has 2 fully saturated rings. The van der Waals surface area contributed by atoms with Crippen molar-refractivity contribution in [1.82, 2.24) is 4.90 Å². The number of benzene rings is 1. The Bertz CT molecular complexity index is 582. The monoisotopic (exact) mass is 335 g/mol. The Morgan fingerprint density at radius 3 is 2.22 bits per heavy atom. The standard InChI is InChI=1S/C18H25NO3S/c1-18(2,3)22-17(20)19-13-9-10-14(19)12-16(11-13)23(21)15-7-5-4-6-8-15/h4-8,13-14,16H,9-12H2,1-3H3/t13-,14+,16?,23?. The third kappa shape index (κ3) is 3.60. The maximum Gasteiger partial charge on any atom is 0.410 e. The normalized spacial score (nSPS) is 28.5. The highest BCUT2D eigenvalue weighted by molar-refractivity contribution is 7.85. The molecule has 3 rings (SSSR count). The summed E-state index contributed by atoms with van der Waals surface area (Å²) in [5, 5.41) is 0.133. The number of hydrogen-bond acceptors (Lipinski definition) is 3. The van der Waals surface area contributed by atoms with Crippen LogP contribution in [-0.4, -0.2) is 38.1 Å². The lowest BCUT2D eigenvalue weighted by Crippen LogP contribution is -2.50. The van der Waals surface area contributed by atoms with Gasteiger partial charge in [0.2, 0.25) is 0 Å². The van der Waals surface area contributed by atoms with Crippen LogP contribution in [0.5, 0.6) is 0 Å². The van der Waals surface area contributed by atoms with Crippen LogP contribution in [0.15, 0.2) is 35.2 Å². The van der Waals surface area contributed by atoms with E-state index >= 15 is 0 Å². The van der Waals surface area contributed by atoms with Crippen molar-refractivity contribution in [2.24, 2.45) is 0 Å². The van der Waals surface area contributed by atoms with E-state index in [0.717, 1.165) is 30.6 Å². The van der Waals surface area contributed by atoms with E-state index < -0.39 is 16.4 Å². The van der Waals surface area contributed by atoms with E-state index in [1.807, 2.05) is 56.0 Å². The summed E-state index contributed by atoms with van der Waals surface area (Å²) < 4.78 is 18.3. The third-order valence-corrected chi connectivity index (χ3v) is 6.30. The number of ether oxygens (including phenoxy) is 1. The Kier molecular flexibility index (Phi) is 4.50. The third-order valence-electron chi connectivity index (χ3n) is 4.57. The molecule has 2 aliphatic rings. The van der Waals surface area contributed by atoms with Crippen LogP contribution in [0.1, 0.15) is 46.5 Å². The van der Waals surface area contributed by atoms with Gasteiger partial charge < -0.3 is 9.64 Å². The highest BCUT2D eigenvalue weighted by atomic mass is 32.2. The van der Waals surface area contributed by atoms with E-state index in [-0.39, 0.29) is 23.4 Å². The number of hydrogen-bond donors (Lipinski definition) is 0. The Balaban J connectivity index is 1.70. The van der Waals surface area contributed by atoms with Gasteiger partial charge in [0.1, 0.15) is 5.60 Å². The Morgan fingerprint density at radius 2 is 1.70 bits per heavy atom. The zero-order chi connectivity index (χ0) is 16.6. The number of rotatable bonds is 2. The number of carbonyl (C=O) groups excluding carboxylic acids is 1. The van der Waals surface area contributed by atoms with Crippen molar-refractivity contribution < 1.29 is 13.7 Å². The summed E-state index contributed by atoms with van der Waals surface area (Å²) in [5.74, 6) is 0. The molecule has 2 unspecified atom stereocenters. The minimum atomic E-state index is -0.997. The minimum Gasteiger partial charge on any atom is -0.444 e. The first-order chi connectivity index (χ1) is 10.8. The van der Waals surface area contributed by atoms with Gasteiger partial charge in [0.15, 0.2) is 0 Å². The minimum absolute atomic E-state index is 0.133. The van der Waals surface area contributed by atoms with E-state index in [1.54, 1.807) is 0 Å². The molecule has 1 aromatic rings. The van der Waals surface area contributed by atoms with Gasteiger partial charge in [-0.25, -0.2) is 4.79 Å². The van der Waals surface area contributed by atoms with Crippen LogP contribution in [-0.2, 0) is 15.5 Å². The number of fused-ring (bicyclic) bond motifs is 2. The van der Waals surface area contributed by atoms with Crippen molar-refractivity contribution in [3.8, 4) is 0 Å². The van der Waals surface area contributed by atoms with Crippen molar-refractivity contribution in [3.05, 3.63) is 30.3 Å². The number of piperidine rings is 1.